The molecule has 4 heterocycles. The van der Waals surface area contributed by atoms with Gasteiger partial charge in [0, 0.05) is 64.6 Å². The third-order valence-corrected chi connectivity index (χ3v) is 5.30. The van der Waals surface area contributed by atoms with Gasteiger partial charge in [-0.25, -0.2) is 9.78 Å². The Labute approximate surface area is 145 Å². The molecule has 0 radical (unpaired) electrons. The first-order valence-corrected chi connectivity index (χ1v) is 9.29. The van der Waals surface area contributed by atoms with Gasteiger partial charge in [0.1, 0.15) is 5.82 Å². The Morgan fingerprint density at radius 3 is 2.92 bits per heavy atom. The quantitative estimate of drug-likeness (QED) is 0.900. The van der Waals surface area contributed by atoms with E-state index < -0.39 is 0 Å². The van der Waals surface area contributed by atoms with Crippen molar-refractivity contribution in [2.45, 2.75) is 51.6 Å². The molecule has 1 N–H and O–H groups in total. The van der Waals surface area contributed by atoms with Crippen LogP contribution in [0.2, 0.25) is 0 Å². The number of H-pyrrole nitrogens is 1. The number of fused-ring (bicyclic) bond motifs is 4. The largest absolute Gasteiger partial charge is 0.345 e. The Morgan fingerprint density at radius 2 is 2.17 bits per heavy atom. The number of carbonyl (C=O) groups is 1. The molecule has 2 bridgehead atoms. The van der Waals surface area contributed by atoms with Gasteiger partial charge in [0.15, 0.2) is 0 Å². The number of carbonyl (C=O) groups excluding carboxylic acids is 1. The van der Waals surface area contributed by atoms with Gasteiger partial charge < -0.3 is 14.8 Å². The fourth-order valence-corrected chi connectivity index (χ4v) is 3.99. The number of hydrogen-bond donors (Lipinski definition) is 1. The summed E-state index contributed by atoms with van der Waals surface area (Å²) < 4.78 is 0. The number of nitrogens with one attached hydrogen (secondary N) is 1. The highest BCUT2D eigenvalue weighted by atomic mass is 16.2. The topological polar surface area (TPSA) is 55.5 Å². The summed E-state index contributed by atoms with van der Waals surface area (Å²) in [7, 11) is 3.69. The minimum absolute atomic E-state index is 0.150. The zero-order chi connectivity index (χ0) is 17.1. The van der Waals surface area contributed by atoms with Crippen molar-refractivity contribution >= 4 is 6.03 Å². The van der Waals surface area contributed by atoms with Gasteiger partial charge in [0.2, 0.25) is 0 Å². The molecule has 3 aliphatic rings. The van der Waals surface area contributed by atoms with Crippen molar-refractivity contribution in [1.82, 2.24) is 24.7 Å². The second-order valence-electron chi connectivity index (χ2n) is 7.57. The third kappa shape index (κ3) is 3.91. The molecule has 6 heteroatoms. The smallest absolute Gasteiger partial charge is 0.319 e. The van der Waals surface area contributed by atoms with Crippen LogP contribution in [0, 0.1) is 5.92 Å². The summed E-state index contributed by atoms with van der Waals surface area (Å²) in [5.41, 5.74) is 1.21. The number of aromatic amines is 1. The Kier molecular flexibility index (Phi) is 5.43. The number of aryl methyl sites for hydroxylation is 1. The number of hydrogen-bond acceptors (Lipinski definition) is 3. The average molecular weight is 333 g/mol. The van der Waals surface area contributed by atoms with Gasteiger partial charge in [-0.2, -0.15) is 0 Å². The minimum Gasteiger partial charge on any atom is -0.345 e. The van der Waals surface area contributed by atoms with Crippen molar-refractivity contribution in [3.63, 3.8) is 0 Å². The van der Waals surface area contributed by atoms with Crippen LogP contribution in [-0.4, -0.2) is 70.5 Å². The Morgan fingerprint density at radius 1 is 1.33 bits per heavy atom. The zero-order valence-corrected chi connectivity index (χ0v) is 15.3. The number of nitrogens with zero attached hydrogens (tertiary/aromatic N) is 4. The zero-order valence-electron chi connectivity index (χ0n) is 15.3. The average Bonchev–Trinajstić information content (AvgIpc) is 2.81. The number of imidazole rings is 1. The second-order valence-corrected chi connectivity index (χ2v) is 7.57. The number of urea groups is 1. The van der Waals surface area contributed by atoms with E-state index in [1.807, 2.05) is 25.2 Å². The van der Waals surface area contributed by atoms with Crippen LogP contribution in [0.1, 0.15) is 44.1 Å². The normalized spacial score (nSPS) is 24.2. The molecule has 1 aromatic rings. The summed E-state index contributed by atoms with van der Waals surface area (Å²) in [5, 5.41) is 0. The van der Waals surface area contributed by atoms with Gasteiger partial charge in [0.25, 0.3) is 0 Å². The van der Waals surface area contributed by atoms with E-state index in [2.05, 4.69) is 21.8 Å². The van der Waals surface area contributed by atoms with Crippen molar-refractivity contribution in [1.29, 1.82) is 0 Å². The molecule has 6 nitrogen and oxygen atoms in total. The van der Waals surface area contributed by atoms with Crippen molar-refractivity contribution in [3.05, 3.63) is 17.7 Å². The van der Waals surface area contributed by atoms with Crippen LogP contribution in [0.3, 0.4) is 0 Å². The first-order chi connectivity index (χ1) is 11.6. The van der Waals surface area contributed by atoms with E-state index in [-0.39, 0.29) is 6.03 Å². The lowest BCUT2D eigenvalue weighted by Gasteiger charge is -2.35. The van der Waals surface area contributed by atoms with E-state index >= 15 is 0 Å². The lowest BCUT2D eigenvalue weighted by atomic mass is 9.95. The molecule has 2 atom stereocenters. The maximum Gasteiger partial charge on any atom is 0.319 e. The molecule has 0 unspecified atom stereocenters. The Hall–Kier alpha value is -1.56. The number of piperidine rings is 1. The fourth-order valence-electron chi connectivity index (χ4n) is 3.99. The van der Waals surface area contributed by atoms with Gasteiger partial charge >= 0.3 is 6.03 Å². The SMILES string of the molecule is CCCCc1ncc(CN2C[C@H]3CC[C@@H]2CN(C(=O)N(C)C)C3)[nH]1. The van der Waals surface area contributed by atoms with Gasteiger partial charge in [-0.1, -0.05) is 13.3 Å². The molecular weight excluding hydrogens is 302 g/mol. The van der Waals surface area contributed by atoms with Gasteiger partial charge in [-0.15, -0.1) is 0 Å². The predicted octanol–water partition coefficient (Wildman–Crippen LogP) is 2.33. The first kappa shape index (κ1) is 17.3. The van der Waals surface area contributed by atoms with E-state index in [1.54, 1.807) is 4.90 Å². The van der Waals surface area contributed by atoms with Gasteiger partial charge in [0.05, 0.1) is 0 Å². The highest BCUT2D eigenvalue weighted by Gasteiger charge is 2.36. The van der Waals surface area contributed by atoms with Gasteiger partial charge in [-0.3, -0.25) is 4.90 Å². The molecule has 0 spiro atoms. The molecule has 2 amide bonds. The third-order valence-electron chi connectivity index (χ3n) is 5.30. The highest BCUT2D eigenvalue weighted by molar-refractivity contribution is 5.74. The molecular formula is C18H31N5O. The van der Waals surface area contributed by atoms with Crippen LogP contribution in [0.25, 0.3) is 0 Å². The minimum atomic E-state index is 0.150. The number of amides is 2. The monoisotopic (exact) mass is 333 g/mol. The summed E-state index contributed by atoms with van der Waals surface area (Å²) >= 11 is 0. The van der Waals surface area contributed by atoms with Crippen LogP contribution in [0.5, 0.6) is 0 Å². The molecule has 4 rings (SSSR count). The fraction of sp³-hybridized carbons (Fsp3) is 0.778. The standard InChI is InChI=1S/C18H31N5O/c1-4-5-6-17-19-9-15(20-17)12-22-10-14-7-8-16(22)13-23(11-14)18(24)21(2)3/h9,14,16H,4-8,10-13H2,1-3H3,(H,19,20)/t14-,16-/m1/s1. The van der Waals surface area contributed by atoms with Crippen LogP contribution in [-0.2, 0) is 13.0 Å². The van der Waals surface area contributed by atoms with E-state index in [4.69, 9.17) is 0 Å². The first-order valence-electron chi connectivity index (χ1n) is 9.29. The summed E-state index contributed by atoms with van der Waals surface area (Å²) in [6, 6.07) is 0.618. The second kappa shape index (κ2) is 7.55. The predicted molar refractivity (Wildman–Crippen MR) is 94.8 cm³/mol. The summed E-state index contributed by atoms with van der Waals surface area (Å²) in [6.45, 7) is 5.97. The lowest BCUT2D eigenvalue weighted by molar-refractivity contribution is 0.121. The molecule has 0 saturated carbocycles. The summed E-state index contributed by atoms with van der Waals surface area (Å²) in [5.74, 6) is 1.70. The van der Waals surface area contributed by atoms with Crippen molar-refractivity contribution in [3.8, 4) is 0 Å². The maximum atomic E-state index is 12.4. The Balaban J connectivity index is 1.63. The van der Waals surface area contributed by atoms with E-state index in [9.17, 15) is 4.79 Å². The number of unbranched alkanes of at least 4 members (excludes halogenated alkanes) is 1. The summed E-state index contributed by atoms with van der Waals surface area (Å²) in [4.78, 5) is 26.7. The van der Waals surface area contributed by atoms with E-state index in [0.717, 1.165) is 38.4 Å². The van der Waals surface area contributed by atoms with Crippen LogP contribution in [0.4, 0.5) is 4.79 Å². The summed E-state index contributed by atoms with van der Waals surface area (Å²) in [6.07, 6.45) is 7.84. The molecule has 0 aliphatic carbocycles. The molecule has 1 aromatic heterocycles. The van der Waals surface area contributed by atoms with Crippen molar-refractivity contribution < 1.29 is 4.79 Å². The molecule has 134 valence electrons. The number of aromatic nitrogens is 2. The van der Waals surface area contributed by atoms with E-state index in [0.29, 0.717) is 12.0 Å². The maximum absolute atomic E-state index is 12.4. The van der Waals surface area contributed by atoms with Crippen LogP contribution >= 0.6 is 0 Å². The van der Waals surface area contributed by atoms with Crippen molar-refractivity contribution in [2.24, 2.45) is 5.92 Å². The molecule has 0 aromatic carbocycles. The highest BCUT2D eigenvalue weighted by Crippen LogP contribution is 2.29. The molecule has 3 aliphatic heterocycles. The molecule has 3 saturated heterocycles. The molecule has 3 fully saturated rings. The van der Waals surface area contributed by atoms with Gasteiger partial charge in [-0.05, 0) is 25.2 Å². The molecule has 24 heavy (non-hydrogen) atoms. The van der Waals surface area contributed by atoms with Crippen molar-refractivity contribution in [2.75, 3.05) is 33.7 Å². The van der Waals surface area contributed by atoms with Crippen LogP contribution < -0.4 is 0 Å². The van der Waals surface area contributed by atoms with E-state index in [1.165, 1.54) is 31.4 Å². The lowest BCUT2D eigenvalue weighted by Crippen LogP contribution is -2.45. The Bertz CT molecular complexity index is 555. The van der Waals surface area contributed by atoms with Crippen LogP contribution in [0.15, 0.2) is 6.20 Å². The number of rotatable bonds is 5.